The van der Waals surface area contributed by atoms with E-state index in [1.165, 1.54) is 13.2 Å². The van der Waals surface area contributed by atoms with Gasteiger partial charge in [-0.15, -0.1) is 0 Å². The Labute approximate surface area is 127 Å². The van der Waals surface area contributed by atoms with Gasteiger partial charge >= 0.3 is 0 Å². The topological polar surface area (TPSA) is 29.5 Å². The van der Waals surface area contributed by atoms with Crippen molar-refractivity contribution in [2.24, 2.45) is 17.3 Å². The Kier molecular flexibility index (Phi) is 4.92. The zero-order valence-electron chi connectivity index (χ0n) is 13.5. The SMILES string of the molecule is COc1ccc(C(O)C2CCC(C(C)(C)C)CC2)c(F)c1. The molecule has 1 unspecified atom stereocenters. The summed E-state index contributed by atoms with van der Waals surface area (Å²) in [6, 6.07) is 4.70. The number of halogens is 1. The molecule has 1 atom stereocenters. The van der Waals surface area contributed by atoms with Gasteiger partial charge in [0.15, 0.2) is 0 Å². The minimum atomic E-state index is -0.711. The summed E-state index contributed by atoms with van der Waals surface area (Å²) in [7, 11) is 1.51. The lowest BCUT2D eigenvalue weighted by Crippen LogP contribution is -2.28. The van der Waals surface area contributed by atoms with E-state index in [0.29, 0.717) is 22.6 Å². The van der Waals surface area contributed by atoms with Crippen LogP contribution in [-0.4, -0.2) is 12.2 Å². The minimum absolute atomic E-state index is 0.159. The van der Waals surface area contributed by atoms with E-state index in [0.717, 1.165) is 25.7 Å². The van der Waals surface area contributed by atoms with Crippen molar-refractivity contribution in [2.75, 3.05) is 7.11 Å². The Balaban J connectivity index is 2.03. The molecule has 21 heavy (non-hydrogen) atoms. The third-order valence-corrected chi connectivity index (χ3v) is 4.97. The van der Waals surface area contributed by atoms with E-state index in [2.05, 4.69) is 20.8 Å². The van der Waals surface area contributed by atoms with E-state index in [4.69, 9.17) is 4.74 Å². The van der Waals surface area contributed by atoms with Crippen LogP contribution in [0, 0.1) is 23.1 Å². The van der Waals surface area contributed by atoms with Gasteiger partial charge in [-0.2, -0.15) is 0 Å². The monoisotopic (exact) mass is 294 g/mol. The van der Waals surface area contributed by atoms with E-state index >= 15 is 0 Å². The van der Waals surface area contributed by atoms with Crippen molar-refractivity contribution < 1.29 is 14.2 Å². The first-order chi connectivity index (χ1) is 9.82. The van der Waals surface area contributed by atoms with Gasteiger partial charge in [0.25, 0.3) is 0 Å². The van der Waals surface area contributed by atoms with Crippen LogP contribution < -0.4 is 4.74 Å². The molecule has 1 aliphatic rings. The fourth-order valence-electron chi connectivity index (χ4n) is 3.43. The van der Waals surface area contributed by atoms with Crippen molar-refractivity contribution in [3.8, 4) is 5.75 Å². The van der Waals surface area contributed by atoms with Crippen molar-refractivity contribution in [1.29, 1.82) is 0 Å². The molecule has 0 spiro atoms. The van der Waals surface area contributed by atoms with Crippen LogP contribution in [0.15, 0.2) is 18.2 Å². The molecule has 1 saturated carbocycles. The minimum Gasteiger partial charge on any atom is -0.497 e. The molecule has 1 fully saturated rings. The highest BCUT2D eigenvalue weighted by Crippen LogP contribution is 2.43. The molecule has 2 rings (SSSR count). The summed E-state index contributed by atoms with van der Waals surface area (Å²) in [5, 5.41) is 10.5. The van der Waals surface area contributed by atoms with Gasteiger partial charge in [0.05, 0.1) is 13.2 Å². The quantitative estimate of drug-likeness (QED) is 0.874. The second-order valence-corrected chi connectivity index (χ2v) is 7.31. The molecular weight excluding hydrogens is 267 g/mol. The van der Waals surface area contributed by atoms with E-state index in [1.54, 1.807) is 12.1 Å². The summed E-state index contributed by atoms with van der Waals surface area (Å²) < 4.78 is 19.1. The molecule has 0 bridgehead atoms. The van der Waals surface area contributed by atoms with Gasteiger partial charge in [-0.3, -0.25) is 0 Å². The molecule has 3 heteroatoms. The number of benzene rings is 1. The maximum Gasteiger partial charge on any atom is 0.132 e. The van der Waals surface area contributed by atoms with E-state index < -0.39 is 6.10 Å². The molecule has 0 aliphatic heterocycles. The molecule has 0 heterocycles. The summed E-state index contributed by atoms with van der Waals surface area (Å²) in [5.41, 5.74) is 0.719. The van der Waals surface area contributed by atoms with Gasteiger partial charge in [0.2, 0.25) is 0 Å². The second-order valence-electron chi connectivity index (χ2n) is 7.31. The van der Waals surface area contributed by atoms with Crippen LogP contribution in [0.3, 0.4) is 0 Å². The van der Waals surface area contributed by atoms with Crippen LogP contribution >= 0.6 is 0 Å². The number of hydrogen-bond acceptors (Lipinski definition) is 2. The van der Waals surface area contributed by atoms with Gasteiger partial charge in [-0.1, -0.05) is 20.8 Å². The molecule has 0 aromatic heterocycles. The van der Waals surface area contributed by atoms with Crippen molar-refractivity contribution in [3.63, 3.8) is 0 Å². The first-order valence-corrected chi connectivity index (χ1v) is 7.84. The second kappa shape index (κ2) is 6.35. The lowest BCUT2D eigenvalue weighted by Gasteiger charge is -2.38. The van der Waals surface area contributed by atoms with Gasteiger partial charge in [-0.25, -0.2) is 4.39 Å². The third-order valence-electron chi connectivity index (χ3n) is 4.97. The van der Waals surface area contributed by atoms with Gasteiger partial charge < -0.3 is 9.84 Å². The highest BCUT2D eigenvalue weighted by molar-refractivity contribution is 5.30. The van der Waals surface area contributed by atoms with Crippen LogP contribution in [0.4, 0.5) is 4.39 Å². The maximum atomic E-state index is 14.1. The van der Waals surface area contributed by atoms with Crippen molar-refractivity contribution >= 4 is 0 Å². The van der Waals surface area contributed by atoms with Crippen LogP contribution in [0.25, 0.3) is 0 Å². The van der Waals surface area contributed by atoms with Gasteiger partial charge in [0.1, 0.15) is 11.6 Å². The molecule has 1 aromatic rings. The summed E-state index contributed by atoms with van der Waals surface area (Å²) in [6.45, 7) is 6.83. The molecule has 0 amide bonds. The van der Waals surface area contributed by atoms with E-state index in [-0.39, 0.29) is 11.7 Å². The Bertz CT molecular complexity index is 471. The zero-order chi connectivity index (χ0) is 15.6. The standard InChI is InChI=1S/C18H27FO2/c1-18(2,3)13-7-5-12(6-8-13)17(20)15-10-9-14(21-4)11-16(15)19/h9-13,17,20H,5-8H2,1-4H3. The Morgan fingerprint density at radius 2 is 1.81 bits per heavy atom. The number of aliphatic hydroxyl groups is 1. The largest absolute Gasteiger partial charge is 0.497 e. The molecule has 2 nitrogen and oxygen atoms in total. The summed E-state index contributed by atoms with van der Waals surface area (Å²) in [6.07, 6.45) is 3.45. The molecule has 0 saturated heterocycles. The average Bonchev–Trinajstić information content (AvgIpc) is 2.45. The van der Waals surface area contributed by atoms with Gasteiger partial charge in [-0.05, 0) is 55.1 Å². The number of methoxy groups -OCH3 is 1. The first kappa shape index (κ1) is 16.3. The Hall–Kier alpha value is -1.09. The average molecular weight is 294 g/mol. The van der Waals surface area contributed by atoms with Crippen molar-refractivity contribution in [1.82, 2.24) is 0 Å². The summed E-state index contributed by atoms with van der Waals surface area (Å²) in [4.78, 5) is 0. The van der Waals surface area contributed by atoms with Crippen LogP contribution in [-0.2, 0) is 0 Å². The van der Waals surface area contributed by atoms with Crippen molar-refractivity contribution in [3.05, 3.63) is 29.6 Å². The van der Waals surface area contributed by atoms with E-state index in [1.807, 2.05) is 0 Å². The highest BCUT2D eigenvalue weighted by atomic mass is 19.1. The number of hydrogen-bond donors (Lipinski definition) is 1. The predicted molar refractivity (Wildman–Crippen MR) is 82.8 cm³/mol. The number of ether oxygens (including phenoxy) is 1. The van der Waals surface area contributed by atoms with Gasteiger partial charge in [0, 0.05) is 11.6 Å². The molecule has 0 radical (unpaired) electrons. The molecule has 1 N–H and O–H groups in total. The Morgan fingerprint density at radius 1 is 1.19 bits per heavy atom. The zero-order valence-corrected chi connectivity index (χ0v) is 13.5. The van der Waals surface area contributed by atoms with E-state index in [9.17, 15) is 9.50 Å². The molecule has 1 aromatic carbocycles. The third kappa shape index (κ3) is 3.76. The Morgan fingerprint density at radius 3 is 2.29 bits per heavy atom. The maximum absolute atomic E-state index is 14.1. The fourth-order valence-corrected chi connectivity index (χ4v) is 3.43. The predicted octanol–water partition coefficient (Wildman–Crippen LogP) is 4.72. The van der Waals surface area contributed by atoms with Crippen LogP contribution in [0.2, 0.25) is 0 Å². The summed E-state index contributed by atoms with van der Waals surface area (Å²) >= 11 is 0. The fraction of sp³-hybridized carbons (Fsp3) is 0.667. The molecule has 1 aliphatic carbocycles. The molecular formula is C18H27FO2. The highest BCUT2D eigenvalue weighted by Gasteiger charge is 2.33. The lowest BCUT2D eigenvalue weighted by molar-refractivity contribution is 0.0506. The lowest BCUT2D eigenvalue weighted by atomic mass is 9.68. The number of rotatable bonds is 3. The number of aliphatic hydroxyl groups excluding tert-OH is 1. The smallest absolute Gasteiger partial charge is 0.132 e. The summed E-state index contributed by atoms with van der Waals surface area (Å²) in [5.74, 6) is 0.966. The molecule has 118 valence electrons. The van der Waals surface area contributed by atoms with Crippen molar-refractivity contribution in [2.45, 2.75) is 52.6 Å². The first-order valence-electron chi connectivity index (χ1n) is 7.84. The van der Waals surface area contributed by atoms with Crippen LogP contribution in [0.5, 0.6) is 5.75 Å². The normalized spacial score (nSPS) is 24.7. The van der Waals surface area contributed by atoms with Crippen LogP contribution in [0.1, 0.15) is 58.1 Å².